The number of hydrogen-bond donors (Lipinski definition) is 1. The molecule has 1 N–H and O–H groups in total. The Bertz CT molecular complexity index is 536. The van der Waals surface area contributed by atoms with E-state index in [1.54, 1.807) is 4.68 Å². The first-order valence-electron chi connectivity index (χ1n) is 6.92. The van der Waals surface area contributed by atoms with Crippen molar-refractivity contribution in [2.75, 3.05) is 6.54 Å². The highest BCUT2D eigenvalue weighted by molar-refractivity contribution is 5.33. The van der Waals surface area contributed by atoms with E-state index in [1.165, 1.54) is 0 Å². The molecule has 1 aromatic heterocycles. The maximum atomic E-state index is 5.84. The second-order valence-corrected chi connectivity index (χ2v) is 5.30. The molecule has 0 aliphatic rings. The molecule has 5 nitrogen and oxygen atoms in total. The summed E-state index contributed by atoms with van der Waals surface area (Å²) in [4.78, 5) is 0. The summed E-state index contributed by atoms with van der Waals surface area (Å²) in [5.74, 6) is 1.54. The molecule has 0 spiro atoms. The van der Waals surface area contributed by atoms with E-state index in [2.05, 4.69) is 35.5 Å². The van der Waals surface area contributed by atoms with Crippen LogP contribution in [0.5, 0.6) is 5.75 Å². The van der Waals surface area contributed by atoms with Crippen LogP contribution in [-0.2, 0) is 20.2 Å². The van der Waals surface area contributed by atoms with Crippen molar-refractivity contribution >= 4 is 0 Å². The van der Waals surface area contributed by atoms with E-state index in [0.29, 0.717) is 12.5 Å². The average Bonchev–Trinajstić information content (AvgIpc) is 2.83. The molecular weight excluding hydrogens is 252 g/mol. The van der Waals surface area contributed by atoms with E-state index < -0.39 is 0 Å². The van der Waals surface area contributed by atoms with Gasteiger partial charge in [-0.3, -0.25) is 4.68 Å². The average molecular weight is 274 g/mol. The number of aryl methyl sites for hydroxylation is 1. The number of rotatable bonds is 7. The molecule has 108 valence electrons. The summed E-state index contributed by atoms with van der Waals surface area (Å²) >= 11 is 0. The Kier molecular flexibility index (Phi) is 5.12. The van der Waals surface area contributed by atoms with Gasteiger partial charge in [0, 0.05) is 19.2 Å². The molecule has 20 heavy (non-hydrogen) atoms. The van der Waals surface area contributed by atoms with Crippen LogP contribution in [0.4, 0.5) is 0 Å². The molecule has 1 aromatic carbocycles. The number of ether oxygens (including phenoxy) is 1. The zero-order valence-electron chi connectivity index (χ0n) is 12.3. The lowest BCUT2D eigenvalue weighted by molar-refractivity contribution is 0.297. The molecule has 0 saturated carbocycles. The predicted octanol–water partition coefficient (Wildman–Crippen LogP) is 2.14. The van der Waals surface area contributed by atoms with Gasteiger partial charge in [0.2, 0.25) is 0 Å². The number of para-hydroxylation sites is 1. The first-order valence-corrected chi connectivity index (χ1v) is 6.92. The molecule has 2 rings (SSSR count). The van der Waals surface area contributed by atoms with Gasteiger partial charge in [0.05, 0.1) is 6.20 Å². The first-order chi connectivity index (χ1) is 9.65. The van der Waals surface area contributed by atoms with E-state index in [1.807, 2.05) is 31.4 Å². The van der Waals surface area contributed by atoms with Gasteiger partial charge in [-0.05, 0) is 18.5 Å². The highest BCUT2D eigenvalue weighted by Crippen LogP contribution is 2.18. The number of nitrogens with zero attached hydrogens (tertiary/aromatic N) is 3. The van der Waals surface area contributed by atoms with Gasteiger partial charge < -0.3 is 10.1 Å². The second-order valence-electron chi connectivity index (χ2n) is 5.30. The van der Waals surface area contributed by atoms with Crippen molar-refractivity contribution in [2.24, 2.45) is 13.0 Å². The van der Waals surface area contributed by atoms with Gasteiger partial charge in [-0.15, -0.1) is 5.10 Å². The summed E-state index contributed by atoms with van der Waals surface area (Å²) in [6, 6.07) is 8.08. The lowest BCUT2D eigenvalue weighted by atomic mass is 10.2. The lowest BCUT2D eigenvalue weighted by Crippen LogP contribution is -2.19. The Morgan fingerprint density at radius 2 is 2.10 bits per heavy atom. The van der Waals surface area contributed by atoms with Gasteiger partial charge in [0.1, 0.15) is 18.1 Å². The largest absolute Gasteiger partial charge is 0.487 e. The van der Waals surface area contributed by atoms with Gasteiger partial charge >= 0.3 is 0 Å². The topological polar surface area (TPSA) is 52.0 Å². The normalized spacial score (nSPS) is 11.0. The molecule has 1 heterocycles. The summed E-state index contributed by atoms with van der Waals surface area (Å²) in [5, 5.41) is 11.3. The maximum absolute atomic E-state index is 5.84. The highest BCUT2D eigenvalue weighted by atomic mass is 16.5. The van der Waals surface area contributed by atoms with Gasteiger partial charge in [-0.25, -0.2) is 0 Å². The van der Waals surface area contributed by atoms with Crippen LogP contribution in [-0.4, -0.2) is 21.5 Å². The van der Waals surface area contributed by atoms with Gasteiger partial charge in [-0.2, -0.15) is 0 Å². The minimum absolute atomic E-state index is 0.440. The van der Waals surface area contributed by atoms with Crippen molar-refractivity contribution in [3.05, 3.63) is 41.7 Å². The molecule has 5 heteroatoms. The third-order valence-corrected chi connectivity index (χ3v) is 2.87. The van der Waals surface area contributed by atoms with Crippen LogP contribution in [0.15, 0.2) is 30.5 Å². The summed E-state index contributed by atoms with van der Waals surface area (Å²) < 4.78 is 7.51. The lowest BCUT2D eigenvalue weighted by Gasteiger charge is -2.12. The molecule has 0 atom stereocenters. The fourth-order valence-corrected chi connectivity index (χ4v) is 1.90. The Hall–Kier alpha value is -1.88. The number of nitrogens with one attached hydrogen (secondary N) is 1. The molecule has 0 saturated heterocycles. The standard InChI is InChI=1S/C15H22N4O/c1-12(2)8-16-9-13-6-4-5-7-15(13)20-11-14-10-19(3)18-17-14/h4-7,10,12,16H,8-9,11H2,1-3H3. The van der Waals surface area contributed by atoms with Gasteiger partial charge in [-0.1, -0.05) is 37.3 Å². The van der Waals surface area contributed by atoms with Crippen LogP contribution in [0.1, 0.15) is 25.1 Å². The highest BCUT2D eigenvalue weighted by Gasteiger charge is 2.05. The third-order valence-electron chi connectivity index (χ3n) is 2.87. The first kappa shape index (κ1) is 14.5. The quantitative estimate of drug-likeness (QED) is 0.840. The van der Waals surface area contributed by atoms with Crippen LogP contribution in [0.2, 0.25) is 0 Å². The Balaban J connectivity index is 1.93. The molecule has 0 unspecified atom stereocenters. The van der Waals surface area contributed by atoms with E-state index in [0.717, 1.165) is 30.1 Å². The summed E-state index contributed by atoms with van der Waals surface area (Å²) in [6.45, 7) is 6.65. The molecule has 0 aliphatic carbocycles. The third kappa shape index (κ3) is 4.35. The van der Waals surface area contributed by atoms with Crippen molar-refractivity contribution in [3.8, 4) is 5.75 Å². The Morgan fingerprint density at radius 1 is 1.30 bits per heavy atom. The van der Waals surface area contributed by atoms with E-state index >= 15 is 0 Å². The SMILES string of the molecule is CC(C)CNCc1ccccc1OCc1cn(C)nn1. The van der Waals surface area contributed by atoms with Crippen molar-refractivity contribution in [1.82, 2.24) is 20.3 Å². The van der Waals surface area contributed by atoms with Crippen LogP contribution in [0, 0.1) is 5.92 Å². The zero-order chi connectivity index (χ0) is 14.4. The molecule has 0 radical (unpaired) electrons. The Morgan fingerprint density at radius 3 is 2.80 bits per heavy atom. The molecule has 0 aliphatic heterocycles. The minimum atomic E-state index is 0.440. The number of aromatic nitrogens is 3. The molecule has 2 aromatic rings. The van der Waals surface area contributed by atoms with Crippen molar-refractivity contribution in [3.63, 3.8) is 0 Å². The number of hydrogen-bond acceptors (Lipinski definition) is 4. The zero-order valence-corrected chi connectivity index (χ0v) is 12.3. The van der Waals surface area contributed by atoms with Crippen molar-refractivity contribution < 1.29 is 4.74 Å². The van der Waals surface area contributed by atoms with Gasteiger partial charge in [0.25, 0.3) is 0 Å². The Labute approximate surface area is 120 Å². The van der Waals surface area contributed by atoms with Crippen LogP contribution in [0.3, 0.4) is 0 Å². The smallest absolute Gasteiger partial charge is 0.134 e. The summed E-state index contributed by atoms with van der Waals surface area (Å²) in [7, 11) is 1.85. The van der Waals surface area contributed by atoms with E-state index in [9.17, 15) is 0 Å². The second kappa shape index (κ2) is 7.05. The van der Waals surface area contributed by atoms with E-state index in [4.69, 9.17) is 4.74 Å². The van der Waals surface area contributed by atoms with Crippen LogP contribution in [0.25, 0.3) is 0 Å². The van der Waals surface area contributed by atoms with Crippen LogP contribution >= 0.6 is 0 Å². The van der Waals surface area contributed by atoms with Crippen molar-refractivity contribution in [1.29, 1.82) is 0 Å². The summed E-state index contributed by atoms with van der Waals surface area (Å²) in [6.07, 6.45) is 1.86. The maximum Gasteiger partial charge on any atom is 0.134 e. The minimum Gasteiger partial charge on any atom is -0.487 e. The van der Waals surface area contributed by atoms with Crippen LogP contribution < -0.4 is 10.1 Å². The van der Waals surface area contributed by atoms with Crippen molar-refractivity contribution in [2.45, 2.75) is 27.0 Å². The van der Waals surface area contributed by atoms with Gasteiger partial charge in [0.15, 0.2) is 0 Å². The monoisotopic (exact) mass is 274 g/mol. The summed E-state index contributed by atoms with van der Waals surface area (Å²) in [5.41, 5.74) is 1.99. The molecule has 0 amide bonds. The fourth-order valence-electron chi connectivity index (χ4n) is 1.90. The number of benzene rings is 1. The van der Waals surface area contributed by atoms with E-state index in [-0.39, 0.29) is 0 Å². The fraction of sp³-hybridized carbons (Fsp3) is 0.467. The molecule has 0 fully saturated rings. The molecule has 0 bridgehead atoms. The predicted molar refractivity (Wildman–Crippen MR) is 78.3 cm³/mol. The molecular formula is C15H22N4O.